The van der Waals surface area contributed by atoms with Crippen LogP contribution in [0.15, 0.2) is 42.5 Å². The third kappa shape index (κ3) is 2.83. The molecule has 0 fully saturated rings. The maximum atomic E-state index is 12.3. The predicted molar refractivity (Wildman–Crippen MR) is 95.2 cm³/mol. The summed E-state index contributed by atoms with van der Waals surface area (Å²) in [7, 11) is 0. The second-order valence-electron chi connectivity index (χ2n) is 6.09. The van der Waals surface area contributed by atoms with Gasteiger partial charge in [-0.2, -0.15) is 0 Å². The number of anilines is 1. The van der Waals surface area contributed by atoms with Gasteiger partial charge in [-0.3, -0.25) is 9.59 Å². The summed E-state index contributed by atoms with van der Waals surface area (Å²) in [5.74, 6) is 0.226. The fourth-order valence-corrected chi connectivity index (χ4v) is 3.18. The minimum Gasteiger partial charge on any atom is -0.454 e. The Morgan fingerprint density at radius 1 is 1.23 bits per heavy atom. The minimum absolute atomic E-state index is 0.172. The molecule has 0 saturated heterocycles. The van der Waals surface area contributed by atoms with Gasteiger partial charge in [0.2, 0.25) is 6.79 Å². The van der Waals surface area contributed by atoms with E-state index in [0.717, 1.165) is 5.56 Å². The summed E-state index contributed by atoms with van der Waals surface area (Å²) in [6, 6.07) is 9.97. The Labute approximate surface area is 154 Å². The lowest BCUT2D eigenvalue weighted by Crippen LogP contribution is -2.36. The first-order valence-corrected chi connectivity index (χ1v) is 8.28. The van der Waals surface area contributed by atoms with Crippen molar-refractivity contribution in [3.63, 3.8) is 0 Å². The van der Waals surface area contributed by atoms with Crippen LogP contribution in [0.4, 0.5) is 5.69 Å². The van der Waals surface area contributed by atoms with E-state index in [1.165, 1.54) is 12.1 Å². The topological polar surface area (TPSA) is 84.9 Å². The smallest absolute Gasteiger partial charge is 0.261 e. The summed E-state index contributed by atoms with van der Waals surface area (Å²) < 4.78 is 10.5. The van der Waals surface area contributed by atoms with E-state index in [-0.39, 0.29) is 13.2 Å². The molecule has 26 heavy (non-hydrogen) atoms. The first-order valence-electron chi connectivity index (χ1n) is 7.90. The van der Waals surface area contributed by atoms with Gasteiger partial charge in [-0.1, -0.05) is 23.7 Å². The lowest BCUT2D eigenvalue weighted by atomic mass is 9.89. The van der Waals surface area contributed by atoms with E-state index in [9.17, 15) is 14.7 Å². The highest BCUT2D eigenvalue weighted by molar-refractivity contribution is 6.31. The number of rotatable bonds is 4. The van der Waals surface area contributed by atoms with Crippen molar-refractivity contribution in [3.05, 3.63) is 58.6 Å². The number of fused-ring (bicyclic) bond motifs is 2. The lowest BCUT2D eigenvalue weighted by molar-refractivity contribution is -0.138. The van der Waals surface area contributed by atoms with Gasteiger partial charge in [-0.25, -0.2) is 0 Å². The Bertz CT molecular complexity index is 955. The van der Waals surface area contributed by atoms with Crippen molar-refractivity contribution >= 4 is 35.1 Å². The molecule has 0 aliphatic carbocycles. The molecule has 2 N–H and O–H groups in total. The zero-order valence-corrected chi connectivity index (χ0v) is 14.2. The molecule has 2 aromatic carbocycles. The zero-order chi connectivity index (χ0) is 18.3. The standard InChI is InChI=1S/C19H14ClNO5/c20-12-3-5-15-14(8-12)19(24,18(23)21-15)9-13(22)4-1-11-2-6-16-17(7-11)26-10-25-16/h1-8,24H,9-10H2,(H,21,23)/b4-1+/t19-/m1/s1. The van der Waals surface area contributed by atoms with Crippen molar-refractivity contribution in [2.24, 2.45) is 0 Å². The van der Waals surface area contributed by atoms with E-state index in [1.807, 2.05) is 0 Å². The van der Waals surface area contributed by atoms with Gasteiger partial charge < -0.3 is 19.9 Å². The number of carbonyl (C=O) groups excluding carboxylic acids is 2. The number of benzene rings is 2. The van der Waals surface area contributed by atoms with Gasteiger partial charge in [0.1, 0.15) is 0 Å². The highest BCUT2D eigenvalue weighted by atomic mass is 35.5. The molecule has 0 radical (unpaired) electrons. The van der Waals surface area contributed by atoms with Crippen molar-refractivity contribution in [2.45, 2.75) is 12.0 Å². The van der Waals surface area contributed by atoms with Gasteiger partial charge in [0.25, 0.3) is 5.91 Å². The summed E-state index contributed by atoms with van der Waals surface area (Å²) in [5, 5.41) is 13.7. The van der Waals surface area contributed by atoms with Crippen LogP contribution in [0.5, 0.6) is 11.5 Å². The average molecular weight is 372 g/mol. The summed E-state index contributed by atoms with van der Waals surface area (Å²) in [5.41, 5.74) is -0.431. The van der Waals surface area contributed by atoms with Gasteiger partial charge in [0.05, 0.1) is 6.42 Å². The van der Waals surface area contributed by atoms with Crippen molar-refractivity contribution in [1.82, 2.24) is 0 Å². The molecular weight excluding hydrogens is 358 g/mol. The molecule has 7 heteroatoms. The van der Waals surface area contributed by atoms with Crippen LogP contribution in [0.3, 0.4) is 0 Å². The van der Waals surface area contributed by atoms with E-state index >= 15 is 0 Å². The van der Waals surface area contributed by atoms with Crippen LogP contribution in [-0.2, 0) is 15.2 Å². The number of ether oxygens (including phenoxy) is 2. The van der Waals surface area contributed by atoms with Gasteiger partial charge >= 0.3 is 0 Å². The fourth-order valence-electron chi connectivity index (χ4n) is 3.01. The van der Waals surface area contributed by atoms with Gasteiger partial charge in [-0.15, -0.1) is 0 Å². The quantitative estimate of drug-likeness (QED) is 0.807. The third-order valence-electron chi connectivity index (χ3n) is 4.34. The van der Waals surface area contributed by atoms with Crippen LogP contribution in [0.2, 0.25) is 5.02 Å². The maximum Gasteiger partial charge on any atom is 0.261 e. The van der Waals surface area contributed by atoms with E-state index < -0.39 is 17.3 Å². The first-order chi connectivity index (χ1) is 12.5. The van der Waals surface area contributed by atoms with Crippen LogP contribution in [0.25, 0.3) is 6.08 Å². The lowest BCUT2D eigenvalue weighted by Gasteiger charge is -2.19. The van der Waals surface area contributed by atoms with Crippen LogP contribution in [-0.4, -0.2) is 23.6 Å². The highest BCUT2D eigenvalue weighted by Gasteiger charge is 2.46. The highest BCUT2D eigenvalue weighted by Crippen LogP contribution is 2.40. The molecular formula is C19H14ClNO5. The molecule has 0 aromatic heterocycles. The summed E-state index contributed by atoms with van der Waals surface area (Å²) in [4.78, 5) is 24.5. The normalized spacial score (nSPS) is 20.3. The molecule has 132 valence electrons. The van der Waals surface area contributed by atoms with Crippen molar-refractivity contribution in [1.29, 1.82) is 0 Å². The van der Waals surface area contributed by atoms with E-state index in [2.05, 4.69) is 5.32 Å². The molecule has 2 aliphatic rings. The molecule has 1 amide bonds. The molecule has 1 atom stereocenters. The van der Waals surface area contributed by atoms with Crippen LogP contribution in [0, 0.1) is 0 Å². The Kier molecular flexibility index (Phi) is 3.94. The Morgan fingerprint density at radius 3 is 2.88 bits per heavy atom. The van der Waals surface area contributed by atoms with Gasteiger partial charge in [0, 0.05) is 16.3 Å². The Hall–Kier alpha value is -2.83. The molecule has 0 spiro atoms. The second-order valence-corrected chi connectivity index (χ2v) is 6.53. The fraction of sp³-hybridized carbons (Fsp3) is 0.158. The van der Waals surface area contributed by atoms with Crippen molar-refractivity contribution < 1.29 is 24.2 Å². The third-order valence-corrected chi connectivity index (χ3v) is 4.57. The number of hydrogen-bond acceptors (Lipinski definition) is 5. The van der Waals surface area contributed by atoms with Gasteiger partial charge in [0.15, 0.2) is 22.9 Å². The van der Waals surface area contributed by atoms with Gasteiger partial charge in [-0.05, 0) is 42.0 Å². The number of hydrogen-bond donors (Lipinski definition) is 2. The SMILES string of the molecule is O=C(/C=C/c1ccc2c(c1)OCO2)C[C@]1(O)C(=O)Nc2ccc(Cl)cc21. The number of ketones is 1. The monoisotopic (exact) mass is 371 g/mol. The van der Waals surface area contributed by atoms with Crippen LogP contribution < -0.4 is 14.8 Å². The van der Waals surface area contributed by atoms with Crippen molar-refractivity contribution in [3.8, 4) is 11.5 Å². The maximum absolute atomic E-state index is 12.3. The number of amides is 1. The molecule has 0 bridgehead atoms. The Morgan fingerprint density at radius 2 is 2.04 bits per heavy atom. The van der Waals surface area contributed by atoms with E-state index in [4.69, 9.17) is 21.1 Å². The average Bonchev–Trinajstić information content (AvgIpc) is 3.17. The number of allylic oxidation sites excluding steroid dienone is 1. The molecule has 6 nitrogen and oxygen atoms in total. The van der Waals surface area contributed by atoms with E-state index in [0.29, 0.717) is 27.8 Å². The summed E-state index contributed by atoms with van der Waals surface area (Å²) in [6.07, 6.45) is 2.54. The largest absolute Gasteiger partial charge is 0.454 e. The van der Waals surface area contributed by atoms with Crippen LogP contribution in [0.1, 0.15) is 17.5 Å². The van der Waals surface area contributed by atoms with Crippen molar-refractivity contribution in [2.75, 3.05) is 12.1 Å². The molecule has 2 aliphatic heterocycles. The second kappa shape index (κ2) is 6.16. The summed E-state index contributed by atoms with van der Waals surface area (Å²) >= 11 is 5.95. The molecule has 4 rings (SSSR count). The Balaban J connectivity index is 1.53. The van der Waals surface area contributed by atoms with Crippen LogP contribution >= 0.6 is 11.6 Å². The first kappa shape index (κ1) is 16.6. The summed E-state index contributed by atoms with van der Waals surface area (Å²) in [6.45, 7) is 0.172. The molecule has 2 heterocycles. The number of aliphatic hydroxyl groups is 1. The number of halogens is 1. The molecule has 0 saturated carbocycles. The number of nitrogens with one attached hydrogen (secondary N) is 1. The predicted octanol–water partition coefficient (Wildman–Crippen LogP) is 2.88. The zero-order valence-electron chi connectivity index (χ0n) is 13.5. The minimum atomic E-state index is -1.93. The molecule has 0 unspecified atom stereocenters. The van der Waals surface area contributed by atoms with E-state index in [1.54, 1.807) is 36.4 Å². The molecule has 2 aromatic rings. The number of carbonyl (C=O) groups is 2.